The average Bonchev–Trinajstić information content (AvgIpc) is 2.70. The van der Waals surface area contributed by atoms with Gasteiger partial charge in [0.05, 0.1) is 18.2 Å². The Morgan fingerprint density at radius 3 is 2.90 bits per heavy atom. The number of hydrogen-bond donors (Lipinski definition) is 2. The molecule has 0 atom stereocenters. The fourth-order valence-electron chi connectivity index (χ4n) is 3.54. The number of anilines is 1. The van der Waals surface area contributed by atoms with Crippen LogP contribution in [0.3, 0.4) is 0 Å². The van der Waals surface area contributed by atoms with Gasteiger partial charge in [-0.3, -0.25) is 0 Å². The van der Waals surface area contributed by atoms with Gasteiger partial charge in [-0.1, -0.05) is 54.9 Å². The second-order valence-corrected chi connectivity index (χ2v) is 8.45. The standard InChI is InChI=1S/C21H24ClN5OS/c1-2-3-7-24-8-9-29-21-26-19(25-20(23)27-21)18-15-6-4-5-13-11-28-12-14(17(13)15)10-16(18)22/h4-6,10,24H,2-3,7-9,11-12H2,1H3,(H2,23,25,26,27). The van der Waals surface area contributed by atoms with Crippen LogP contribution in [0.15, 0.2) is 29.4 Å². The van der Waals surface area contributed by atoms with Gasteiger partial charge in [0.1, 0.15) is 0 Å². The van der Waals surface area contributed by atoms with E-state index in [1.165, 1.54) is 18.2 Å². The summed E-state index contributed by atoms with van der Waals surface area (Å²) in [5, 5.41) is 6.83. The molecule has 0 spiro atoms. The molecule has 0 radical (unpaired) electrons. The largest absolute Gasteiger partial charge is 0.372 e. The van der Waals surface area contributed by atoms with Crippen LogP contribution in [-0.4, -0.2) is 33.8 Å². The number of hydrogen-bond acceptors (Lipinski definition) is 7. The van der Waals surface area contributed by atoms with Gasteiger partial charge < -0.3 is 15.8 Å². The number of thioether (sulfide) groups is 1. The van der Waals surface area contributed by atoms with Crippen LogP contribution in [0.4, 0.5) is 5.95 Å². The topological polar surface area (TPSA) is 86.0 Å². The second kappa shape index (κ2) is 9.26. The Kier molecular flexibility index (Phi) is 6.50. The molecule has 0 saturated carbocycles. The minimum absolute atomic E-state index is 0.205. The zero-order valence-corrected chi connectivity index (χ0v) is 17.9. The Hall–Kier alpha value is -1.93. The third kappa shape index (κ3) is 4.48. The quantitative estimate of drug-likeness (QED) is 0.404. The molecule has 1 aliphatic heterocycles. The van der Waals surface area contributed by atoms with Crippen LogP contribution in [-0.2, 0) is 18.0 Å². The SMILES string of the molecule is CCCCNCCSc1nc(N)nc(-c2c(Cl)cc3c4c(cccc24)COC3)n1. The summed E-state index contributed by atoms with van der Waals surface area (Å²) in [5.41, 5.74) is 9.04. The lowest BCUT2D eigenvalue weighted by molar-refractivity contribution is 0.103. The van der Waals surface area contributed by atoms with Crippen molar-refractivity contribution < 1.29 is 4.74 Å². The smallest absolute Gasteiger partial charge is 0.224 e. The molecule has 0 saturated heterocycles. The van der Waals surface area contributed by atoms with E-state index in [0.29, 0.717) is 29.2 Å². The lowest BCUT2D eigenvalue weighted by Crippen LogP contribution is -2.18. The number of rotatable bonds is 8. The van der Waals surface area contributed by atoms with Crippen molar-refractivity contribution in [1.82, 2.24) is 20.3 Å². The third-order valence-electron chi connectivity index (χ3n) is 4.87. The lowest BCUT2D eigenvalue weighted by Gasteiger charge is -2.20. The van der Waals surface area contributed by atoms with Gasteiger partial charge in [-0.25, -0.2) is 4.98 Å². The van der Waals surface area contributed by atoms with Crippen molar-refractivity contribution in [2.24, 2.45) is 0 Å². The van der Waals surface area contributed by atoms with Gasteiger partial charge in [0, 0.05) is 17.9 Å². The number of nitrogens with one attached hydrogen (secondary N) is 1. The first-order valence-electron chi connectivity index (χ1n) is 9.83. The highest BCUT2D eigenvalue weighted by atomic mass is 35.5. The highest BCUT2D eigenvalue weighted by Gasteiger charge is 2.20. The first kappa shape index (κ1) is 20.3. The van der Waals surface area contributed by atoms with Gasteiger partial charge in [0.25, 0.3) is 0 Å². The van der Waals surface area contributed by atoms with Crippen molar-refractivity contribution in [3.8, 4) is 11.4 Å². The maximum absolute atomic E-state index is 6.66. The van der Waals surface area contributed by atoms with E-state index in [4.69, 9.17) is 22.1 Å². The Morgan fingerprint density at radius 2 is 2.03 bits per heavy atom. The van der Waals surface area contributed by atoms with Gasteiger partial charge in [0.15, 0.2) is 11.0 Å². The van der Waals surface area contributed by atoms with Gasteiger partial charge in [0.2, 0.25) is 5.95 Å². The molecule has 0 aliphatic carbocycles. The van der Waals surface area contributed by atoms with E-state index in [1.807, 2.05) is 12.1 Å². The molecule has 2 heterocycles. The predicted molar refractivity (Wildman–Crippen MR) is 119 cm³/mol. The van der Waals surface area contributed by atoms with E-state index in [9.17, 15) is 0 Å². The summed E-state index contributed by atoms with van der Waals surface area (Å²) in [4.78, 5) is 13.4. The summed E-state index contributed by atoms with van der Waals surface area (Å²) >= 11 is 8.23. The molecule has 4 rings (SSSR count). The van der Waals surface area contributed by atoms with Gasteiger partial charge >= 0.3 is 0 Å². The number of nitrogens with two attached hydrogens (primary N) is 1. The van der Waals surface area contributed by atoms with Crippen LogP contribution in [0.2, 0.25) is 5.02 Å². The fourth-order valence-corrected chi connectivity index (χ4v) is 4.59. The first-order valence-corrected chi connectivity index (χ1v) is 11.2. The molecule has 1 aromatic heterocycles. The van der Waals surface area contributed by atoms with Crippen molar-refractivity contribution >= 4 is 40.1 Å². The maximum Gasteiger partial charge on any atom is 0.224 e. The van der Waals surface area contributed by atoms with E-state index in [-0.39, 0.29) is 5.95 Å². The first-order chi connectivity index (χ1) is 14.2. The van der Waals surface area contributed by atoms with E-state index in [0.717, 1.165) is 40.9 Å². The molecule has 0 unspecified atom stereocenters. The van der Waals surface area contributed by atoms with Crippen molar-refractivity contribution in [2.45, 2.75) is 38.1 Å². The average molecular weight is 430 g/mol. The molecule has 29 heavy (non-hydrogen) atoms. The molecule has 6 nitrogen and oxygen atoms in total. The zero-order chi connectivity index (χ0) is 20.2. The summed E-state index contributed by atoms with van der Waals surface area (Å²) in [6.45, 7) is 5.26. The number of aromatic nitrogens is 3. The normalized spacial score (nSPS) is 13.2. The molecule has 1 aliphatic rings. The van der Waals surface area contributed by atoms with Gasteiger partial charge in [-0.2, -0.15) is 9.97 Å². The molecule has 0 amide bonds. The van der Waals surface area contributed by atoms with Crippen molar-refractivity contribution in [1.29, 1.82) is 0 Å². The van der Waals surface area contributed by atoms with Gasteiger partial charge in [-0.15, -0.1) is 0 Å². The third-order valence-corrected chi connectivity index (χ3v) is 6.02. The number of unbranched alkanes of at least 4 members (excludes halogenated alkanes) is 1. The molecule has 0 bridgehead atoms. The van der Waals surface area contributed by atoms with Crippen LogP contribution in [0.25, 0.3) is 22.2 Å². The van der Waals surface area contributed by atoms with Crippen LogP contribution in [0.5, 0.6) is 0 Å². The molecule has 152 valence electrons. The van der Waals surface area contributed by atoms with E-state index >= 15 is 0 Å². The highest BCUT2D eigenvalue weighted by molar-refractivity contribution is 7.99. The summed E-state index contributed by atoms with van der Waals surface area (Å²) in [7, 11) is 0. The van der Waals surface area contributed by atoms with Crippen LogP contribution in [0, 0.1) is 0 Å². The van der Waals surface area contributed by atoms with Crippen LogP contribution >= 0.6 is 23.4 Å². The number of nitrogen functional groups attached to an aromatic ring is 1. The number of halogens is 1. The molecule has 0 fully saturated rings. The molecule has 3 aromatic rings. The number of benzene rings is 2. The van der Waals surface area contributed by atoms with Crippen LogP contribution in [0.1, 0.15) is 30.9 Å². The van der Waals surface area contributed by atoms with Gasteiger partial charge in [-0.05, 0) is 40.9 Å². The minimum atomic E-state index is 0.205. The Bertz CT molecular complexity index is 1030. The highest BCUT2D eigenvalue weighted by Crippen LogP contribution is 2.39. The zero-order valence-electron chi connectivity index (χ0n) is 16.4. The Balaban J connectivity index is 1.65. The summed E-state index contributed by atoms with van der Waals surface area (Å²) < 4.78 is 5.68. The molecule has 8 heteroatoms. The lowest BCUT2D eigenvalue weighted by atomic mass is 9.94. The number of nitrogens with zero attached hydrogens (tertiary/aromatic N) is 3. The minimum Gasteiger partial charge on any atom is -0.372 e. The fraction of sp³-hybridized carbons (Fsp3) is 0.381. The van der Waals surface area contributed by atoms with E-state index in [2.05, 4.69) is 39.3 Å². The Labute approximate surface area is 179 Å². The van der Waals surface area contributed by atoms with Crippen LogP contribution < -0.4 is 11.1 Å². The predicted octanol–water partition coefficient (Wildman–Crippen LogP) is 4.44. The molecule has 2 aromatic carbocycles. The molecular weight excluding hydrogens is 406 g/mol. The second-order valence-electron chi connectivity index (χ2n) is 6.98. The Morgan fingerprint density at radius 1 is 1.17 bits per heavy atom. The van der Waals surface area contributed by atoms with E-state index in [1.54, 1.807) is 11.8 Å². The molecule has 3 N–H and O–H groups in total. The van der Waals surface area contributed by atoms with E-state index < -0.39 is 0 Å². The maximum atomic E-state index is 6.66. The van der Waals surface area contributed by atoms with Crippen molar-refractivity contribution in [2.75, 3.05) is 24.6 Å². The summed E-state index contributed by atoms with van der Waals surface area (Å²) in [6, 6.07) is 8.10. The summed E-state index contributed by atoms with van der Waals surface area (Å²) in [5.74, 6) is 1.58. The summed E-state index contributed by atoms with van der Waals surface area (Å²) in [6.07, 6.45) is 2.37. The number of ether oxygens (including phenoxy) is 1. The molecular formula is C21H24ClN5OS. The monoisotopic (exact) mass is 429 g/mol. The van der Waals surface area contributed by atoms with Crippen molar-refractivity contribution in [3.05, 3.63) is 40.4 Å². The van der Waals surface area contributed by atoms with Crippen molar-refractivity contribution in [3.63, 3.8) is 0 Å².